The van der Waals surface area contributed by atoms with Crippen molar-refractivity contribution < 1.29 is 4.57 Å². The second-order valence-electron chi connectivity index (χ2n) is 5.62. The van der Waals surface area contributed by atoms with Gasteiger partial charge in [-0.3, -0.25) is 0 Å². The summed E-state index contributed by atoms with van der Waals surface area (Å²) in [6.07, 6.45) is 4.16. The fraction of sp³-hybridized carbons (Fsp3) is 0.278. The maximum Gasteiger partial charge on any atom is 0.213 e. The maximum atomic E-state index is 5.18. The van der Waals surface area contributed by atoms with Gasteiger partial charge in [-0.15, -0.1) is 5.11 Å². The molecular weight excluding hydrogens is 272 g/mol. The van der Waals surface area contributed by atoms with Gasteiger partial charge in [-0.1, -0.05) is 31.7 Å². The van der Waals surface area contributed by atoms with Crippen LogP contribution in [0.1, 0.15) is 32.3 Å². The van der Waals surface area contributed by atoms with E-state index in [1.54, 1.807) is 0 Å². The Morgan fingerprint density at radius 2 is 1.91 bits per heavy atom. The number of hydrogen-bond donors (Lipinski definition) is 1. The third kappa shape index (κ3) is 1.87. The summed E-state index contributed by atoms with van der Waals surface area (Å²) in [6, 6.07) is 12.3. The van der Waals surface area contributed by atoms with Crippen molar-refractivity contribution in [1.82, 2.24) is 0 Å². The van der Waals surface area contributed by atoms with Crippen molar-refractivity contribution in [2.75, 3.05) is 0 Å². The van der Waals surface area contributed by atoms with Crippen molar-refractivity contribution >= 4 is 11.3 Å². The van der Waals surface area contributed by atoms with E-state index in [9.17, 15) is 0 Å². The minimum Gasteiger partial charge on any atom is -0.305 e. The van der Waals surface area contributed by atoms with Gasteiger partial charge in [0, 0.05) is 30.5 Å². The molecule has 0 saturated heterocycles. The van der Waals surface area contributed by atoms with Crippen molar-refractivity contribution in [2.24, 2.45) is 16.2 Å². The van der Waals surface area contributed by atoms with Crippen LogP contribution in [0.5, 0.6) is 0 Å². The van der Waals surface area contributed by atoms with E-state index < -0.39 is 0 Å². The fourth-order valence-electron chi connectivity index (χ4n) is 3.59. The van der Waals surface area contributed by atoms with Crippen LogP contribution in [0.4, 0.5) is 5.69 Å². The Morgan fingerprint density at radius 3 is 2.59 bits per heavy atom. The van der Waals surface area contributed by atoms with E-state index in [2.05, 4.69) is 65.8 Å². The van der Waals surface area contributed by atoms with Gasteiger partial charge >= 0.3 is 0 Å². The lowest BCUT2D eigenvalue weighted by Crippen LogP contribution is -2.59. The lowest BCUT2D eigenvalue weighted by atomic mass is 9.75. The van der Waals surface area contributed by atoms with Gasteiger partial charge in [0.15, 0.2) is 11.7 Å². The van der Waals surface area contributed by atoms with E-state index in [0.29, 0.717) is 0 Å². The second kappa shape index (κ2) is 5.37. The highest BCUT2D eigenvalue weighted by Crippen LogP contribution is 2.44. The molecule has 0 spiro atoms. The molecule has 2 aromatic rings. The number of aromatic nitrogens is 1. The normalized spacial score (nSPS) is 15.6. The van der Waals surface area contributed by atoms with Gasteiger partial charge in [-0.2, -0.15) is 4.57 Å². The number of benzene rings is 1. The van der Waals surface area contributed by atoms with E-state index in [0.717, 1.165) is 29.7 Å². The molecule has 0 amide bonds. The molecule has 0 unspecified atom stereocenters. The smallest absolute Gasteiger partial charge is 0.213 e. The molecule has 0 radical (unpaired) electrons. The average molecular weight is 293 g/mol. The molecule has 1 aliphatic rings. The summed E-state index contributed by atoms with van der Waals surface area (Å²) in [5, 5.41) is 7.34. The predicted octanol–water partition coefficient (Wildman–Crippen LogP) is 4.14. The molecule has 22 heavy (non-hydrogen) atoms. The summed E-state index contributed by atoms with van der Waals surface area (Å²) in [7, 11) is 0. The number of allylic oxidation sites excluding steroid dienone is 1. The molecule has 112 valence electrons. The summed E-state index contributed by atoms with van der Waals surface area (Å²) in [6.45, 7) is 8.87. The molecule has 1 aromatic carbocycles. The first-order valence-corrected chi connectivity index (χ1v) is 7.64. The van der Waals surface area contributed by atoms with Crippen molar-refractivity contribution in [1.29, 1.82) is 0 Å². The van der Waals surface area contributed by atoms with Gasteiger partial charge in [0.05, 0.1) is 11.3 Å². The first-order valence-electron chi connectivity index (χ1n) is 7.64. The summed E-state index contributed by atoms with van der Waals surface area (Å²) in [5.41, 5.74) is 5.35. The van der Waals surface area contributed by atoms with Crippen molar-refractivity contribution in [3.63, 3.8) is 0 Å². The molecule has 2 heterocycles. The van der Waals surface area contributed by atoms with Gasteiger partial charge in [-0.25, -0.2) is 0 Å². The summed E-state index contributed by atoms with van der Waals surface area (Å²) < 4.78 is 2.35. The standard InChI is InChI=1S/C18H21N4/c1-4-18(5-2)13(3)15-10-9-14(20-21-19)12-16(15)17-8-6-7-11-22(17)18/h6-12H,3-5H2,1-2H3,(H2,19,20)/q+1. The first-order chi connectivity index (χ1) is 10.7. The lowest BCUT2D eigenvalue weighted by Gasteiger charge is -2.34. The maximum absolute atomic E-state index is 5.18. The molecule has 4 heteroatoms. The highest BCUT2D eigenvalue weighted by molar-refractivity contribution is 5.84. The Hall–Kier alpha value is -2.49. The van der Waals surface area contributed by atoms with Crippen LogP contribution in [0.15, 0.2) is 59.5 Å². The van der Waals surface area contributed by atoms with Crippen LogP contribution in [0.25, 0.3) is 16.8 Å². The van der Waals surface area contributed by atoms with Crippen molar-refractivity contribution in [3.05, 3.63) is 54.7 Å². The van der Waals surface area contributed by atoms with Crippen LogP contribution >= 0.6 is 0 Å². The molecule has 0 atom stereocenters. The lowest BCUT2D eigenvalue weighted by molar-refractivity contribution is -0.741. The quantitative estimate of drug-likeness (QED) is 0.393. The fourth-order valence-corrected chi connectivity index (χ4v) is 3.59. The van der Waals surface area contributed by atoms with Gasteiger partial charge in [-0.05, 0) is 23.8 Å². The molecule has 3 rings (SSSR count). The van der Waals surface area contributed by atoms with E-state index in [1.807, 2.05) is 12.1 Å². The SMILES string of the molecule is C=C1c2ccc(N=NN)cc2-c2cccc[n+]2C1(CC)CC. The molecule has 0 fully saturated rings. The van der Waals surface area contributed by atoms with E-state index in [4.69, 9.17) is 5.84 Å². The van der Waals surface area contributed by atoms with Gasteiger partial charge < -0.3 is 5.84 Å². The summed E-state index contributed by atoms with van der Waals surface area (Å²) >= 11 is 0. The Kier molecular flexibility index (Phi) is 3.53. The minimum absolute atomic E-state index is 0.0690. The van der Waals surface area contributed by atoms with Gasteiger partial charge in [0.25, 0.3) is 0 Å². The largest absolute Gasteiger partial charge is 0.305 e. The van der Waals surface area contributed by atoms with Crippen LogP contribution in [0, 0.1) is 0 Å². The zero-order valence-corrected chi connectivity index (χ0v) is 13.1. The topological polar surface area (TPSA) is 54.6 Å². The molecule has 0 aliphatic carbocycles. The van der Waals surface area contributed by atoms with E-state index in [1.165, 1.54) is 11.3 Å². The van der Waals surface area contributed by atoms with Crippen LogP contribution in [0.3, 0.4) is 0 Å². The molecule has 4 nitrogen and oxygen atoms in total. The zero-order valence-electron chi connectivity index (χ0n) is 13.1. The Morgan fingerprint density at radius 1 is 1.14 bits per heavy atom. The van der Waals surface area contributed by atoms with E-state index >= 15 is 0 Å². The number of fused-ring (bicyclic) bond motifs is 3. The molecular formula is C18H21N4+. The van der Waals surface area contributed by atoms with Crippen molar-refractivity contribution in [2.45, 2.75) is 32.2 Å². The summed E-state index contributed by atoms with van der Waals surface area (Å²) in [4.78, 5) is 0. The zero-order chi connectivity index (χ0) is 15.7. The minimum atomic E-state index is -0.0690. The third-order valence-corrected chi connectivity index (χ3v) is 4.83. The predicted molar refractivity (Wildman–Crippen MR) is 88.4 cm³/mol. The molecule has 1 aromatic heterocycles. The van der Waals surface area contributed by atoms with Crippen molar-refractivity contribution in [3.8, 4) is 11.3 Å². The second-order valence-corrected chi connectivity index (χ2v) is 5.62. The highest BCUT2D eigenvalue weighted by Gasteiger charge is 2.46. The van der Waals surface area contributed by atoms with Gasteiger partial charge in [0.2, 0.25) is 5.69 Å². The van der Waals surface area contributed by atoms with Crippen LogP contribution in [-0.2, 0) is 5.54 Å². The highest BCUT2D eigenvalue weighted by atomic mass is 15.3. The number of hydrogen-bond acceptors (Lipinski definition) is 2. The van der Waals surface area contributed by atoms with Gasteiger partial charge in [0.1, 0.15) is 0 Å². The molecule has 0 saturated carbocycles. The molecule has 1 aliphatic heterocycles. The van der Waals surface area contributed by atoms with Crippen LogP contribution in [-0.4, -0.2) is 0 Å². The Labute approximate surface area is 131 Å². The Balaban J connectivity index is 2.33. The monoisotopic (exact) mass is 293 g/mol. The van der Waals surface area contributed by atoms with Crippen LogP contribution in [0.2, 0.25) is 0 Å². The molecule has 2 N–H and O–H groups in total. The van der Waals surface area contributed by atoms with E-state index in [-0.39, 0.29) is 5.54 Å². The Bertz CT molecular complexity index is 757. The number of nitrogens with two attached hydrogens (primary N) is 1. The third-order valence-electron chi connectivity index (χ3n) is 4.83. The number of pyridine rings is 1. The molecule has 0 bridgehead atoms. The summed E-state index contributed by atoms with van der Waals surface area (Å²) in [5.74, 6) is 5.18. The average Bonchev–Trinajstić information content (AvgIpc) is 2.56. The number of nitrogens with zero attached hydrogens (tertiary/aromatic N) is 3. The first kappa shape index (κ1) is 14.4. The number of rotatable bonds is 3. The van der Waals surface area contributed by atoms with Crippen LogP contribution < -0.4 is 10.4 Å².